The van der Waals surface area contributed by atoms with Crippen molar-refractivity contribution in [2.24, 2.45) is 4.99 Å². The van der Waals surface area contributed by atoms with Crippen molar-refractivity contribution >= 4 is 22.8 Å². The van der Waals surface area contributed by atoms with Crippen LogP contribution in [0.2, 0.25) is 0 Å². The number of pyridine rings is 1. The zero-order valence-electron chi connectivity index (χ0n) is 11.2. The Balaban J connectivity index is 1.85. The van der Waals surface area contributed by atoms with Gasteiger partial charge in [0.2, 0.25) is 0 Å². The Kier molecular flexibility index (Phi) is 3.42. The SMILES string of the molecule is COc1ccc(C=Nc2ccc3ncccc3c2)cc1. The molecule has 0 atom stereocenters. The van der Waals surface area contributed by atoms with Gasteiger partial charge in [-0.05, 0) is 54.1 Å². The number of ether oxygens (including phenoxy) is 1. The Labute approximate surface area is 117 Å². The summed E-state index contributed by atoms with van der Waals surface area (Å²) >= 11 is 0. The van der Waals surface area contributed by atoms with Gasteiger partial charge in [0.05, 0.1) is 18.3 Å². The number of fused-ring (bicyclic) bond motifs is 1. The normalized spacial score (nSPS) is 11.1. The number of methoxy groups -OCH3 is 1. The molecule has 3 rings (SSSR count). The molecule has 0 saturated carbocycles. The molecule has 20 heavy (non-hydrogen) atoms. The summed E-state index contributed by atoms with van der Waals surface area (Å²) in [5.74, 6) is 0.846. The number of hydrogen-bond donors (Lipinski definition) is 0. The van der Waals surface area contributed by atoms with E-state index < -0.39 is 0 Å². The largest absolute Gasteiger partial charge is 0.497 e. The highest BCUT2D eigenvalue weighted by molar-refractivity contribution is 5.85. The molecule has 1 heterocycles. The summed E-state index contributed by atoms with van der Waals surface area (Å²) in [6.45, 7) is 0. The number of rotatable bonds is 3. The van der Waals surface area contributed by atoms with Gasteiger partial charge in [0.25, 0.3) is 0 Å². The number of nitrogens with zero attached hydrogens (tertiary/aromatic N) is 2. The van der Waals surface area contributed by atoms with Crippen molar-refractivity contribution in [2.45, 2.75) is 0 Å². The van der Waals surface area contributed by atoms with Crippen molar-refractivity contribution in [1.82, 2.24) is 4.98 Å². The van der Waals surface area contributed by atoms with Gasteiger partial charge < -0.3 is 4.74 Å². The molecular weight excluding hydrogens is 248 g/mol. The van der Waals surface area contributed by atoms with Crippen LogP contribution >= 0.6 is 0 Å². The van der Waals surface area contributed by atoms with Crippen LogP contribution in [0.3, 0.4) is 0 Å². The molecule has 0 spiro atoms. The fourth-order valence-electron chi connectivity index (χ4n) is 1.98. The Bertz CT molecular complexity index is 748. The van der Waals surface area contributed by atoms with Gasteiger partial charge in [-0.15, -0.1) is 0 Å². The summed E-state index contributed by atoms with van der Waals surface area (Å²) in [7, 11) is 1.66. The van der Waals surface area contributed by atoms with Gasteiger partial charge in [0.1, 0.15) is 5.75 Å². The summed E-state index contributed by atoms with van der Waals surface area (Å²) in [5.41, 5.74) is 2.94. The lowest BCUT2D eigenvalue weighted by atomic mass is 10.2. The second-order valence-electron chi connectivity index (χ2n) is 4.41. The summed E-state index contributed by atoms with van der Waals surface area (Å²) in [6.07, 6.45) is 3.64. The van der Waals surface area contributed by atoms with Crippen LogP contribution in [0.5, 0.6) is 5.75 Å². The van der Waals surface area contributed by atoms with E-state index in [1.165, 1.54) is 0 Å². The molecule has 0 aliphatic carbocycles. The van der Waals surface area contributed by atoms with Gasteiger partial charge in [-0.1, -0.05) is 6.07 Å². The molecule has 0 radical (unpaired) electrons. The third-order valence-corrected chi connectivity index (χ3v) is 3.07. The van der Waals surface area contributed by atoms with Crippen molar-refractivity contribution in [3.05, 3.63) is 66.4 Å². The third kappa shape index (κ3) is 2.67. The van der Waals surface area contributed by atoms with E-state index in [1.54, 1.807) is 13.3 Å². The Hall–Kier alpha value is -2.68. The number of hydrogen-bond acceptors (Lipinski definition) is 3. The quantitative estimate of drug-likeness (QED) is 0.669. The topological polar surface area (TPSA) is 34.5 Å². The molecule has 0 amide bonds. The average Bonchev–Trinajstić information content (AvgIpc) is 2.53. The first kappa shape index (κ1) is 12.4. The highest BCUT2D eigenvalue weighted by Crippen LogP contribution is 2.19. The smallest absolute Gasteiger partial charge is 0.118 e. The van der Waals surface area contributed by atoms with E-state index in [-0.39, 0.29) is 0 Å². The van der Waals surface area contributed by atoms with E-state index in [0.717, 1.165) is 27.9 Å². The van der Waals surface area contributed by atoms with Crippen LogP contribution < -0.4 is 4.74 Å². The van der Waals surface area contributed by atoms with Crippen LogP contribution in [-0.4, -0.2) is 18.3 Å². The molecule has 0 fully saturated rings. The molecule has 0 unspecified atom stereocenters. The zero-order valence-corrected chi connectivity index (χ0v) is 11.2. The van der Waals surface area contributed by atoms with E-state index in [0.29, 0.717) is 0 Å². The molecule has 3 nitrogen and oxygen atoms in total. The van der Waals surface area contributed by atoms with E-state index in [2.05, 4.69) is 9.98 Å². The maximum atomic E-state index is 5.13. The highest BCUT2D eigenvalue weighted by Gasteiger charge is 1.95. The standard InChI is InChI=1S/C17H14N2O/c1-20-16-7-4-13(5-8-16)12-19-15-6-9-17-14(11-15)3-2-10-18-17/h2-12H,1H3. The molecule has 1 aromatic heterocycles. The summed E-state index contributed by atoms with van der Waals surface area (Å²) < 4.78 is 5.13. The van der Waals surface area contributed by atoms with Crippen LogP contribution in [0.4, 0.5) is 5.69 Å². The first-order valence-corrected chi connectivity index (χ1v) is 6.38. The lowest BCUT2D eigenvalue weighted by molar-refractivity contribution is 0.415. The van der Waals surface area contributed by atoms with E-state index in [4.69, 9.17) is 4.74 Å². The molecule has 0 aliphatic rings. The fourth-order valence-corrected chi connectivity index (χ4v) is 1.98. The summed E-state index contributed by atoms with van der Waals surface area (Å²) in [4.78, 5) is 8.78. The molecule has 2 aromatic carbocycles. The van der Waals surface area contributed by atoms with Crippen LogP contribution in [0.1, 0.15) is 5.56 Å². The predicted molar refractivity (Wildman–Crippen MR) is 82.0 cm³/mol. The first-order chi connectivity index (χ1) is 9.85. The van der Waals surface area contributed by atoms with Gasteiger partial charge in [0, 0.05) is 17.8 Å². The average molecular weight is 262 g/mol. The Morgan fingerprint density at radius 2 is 1.90 bits per heavy atom. The van der Waals surface area contributed by atoms with E-state index in [1.807, 2.05) is 60.8 Å². The molecule has 0 saturated heterocycles. The molecule has 98 valence electrons. The molecule has 0 bridgehead atoms. The summed E-state index contributed by atoms with van der Waals surface area (Å²) in [5, 5.41) is 1.09. The molecule has 0 N–H and O–H groups in total. The minimum absolute atomic E-state index is 0.846. The van der Waals surface area contributed by atoms with Gasteiger partial charge in [-0.3, -0.25) is 9.98 Å². The minimum Gasteiger partial charge on any atom is -0.497 e. The Morgan fingerprint density at radius 1 is 1.05 bits per heavy atom. The lowest BCUT2D eigenvalue weighted by Gasteiger charge is -2.00. The number of benzene rings is 2. The fraction of sp³-hybridized carbons (Fsp3) is 0.0588. The highest BCUT2D eigenvalue weighted by atomic mass is 16.5. The van der Waals surface area contributed by atoms with Crippen LogP contribution in [-0.2, 0) is 0 Å². The number of aromatic nitrogens is 1. The summed E-state index contributed by atoms with van der Waals surface area (Å²) in [6, 6.07) is 17.7. The van der Waals surface area contributed by atoms with Gasteiger partial charge in [-0.25, -0.2) is 0 Å². The molecular formula is C17H14N2O. The maximum Gasteiger partial charge on any atom is 0.118 e. The third-order valence-electron chi connectivity index (χ3n) is 3.07. The lowest BCUT2D eigenvalue weighted by Crippen LogP contribution is -1.84. The van der Waals surface area contributed by atoms with Crippen molar-refractivity contribution in [3.63, 3.8) is 0 Å². The van der Waals surface area contributed by atoms with Gasteiger partial charge in [-0.2, -0.15) is 0 Å². The molecule has 3 aromatic rings. The van der Waals surface area contributed by atoms with Gasteiger partial charge >= 0.3 is 0 Å². The van der Waals surface area contributed by atoms with Gasteiger partial charge in [0.15, 0.2) is 0 Å². The second kappa shape index (κ2) is 5.53. The maximum absolute atomic E-state index is 5.13. The zero-order chi connectivity index (χ0) is 13.8. The second-order valence-corrected chi connectivity index (χ2v) is 4.41. The van der Waals surface area contributed by atoms with Crippen LogP contribution in [0, 0.1) is 0 Å². The first-order valence-electron chi connectivity index (χ1n) is 6.38. The van der Waals surface area contributed by atoms with E-state index >= 15 is 0 Å². The Morgan fingerprint density at radius 3 is 2.70 bits per heavy atom. The van der Waals surface area contributed by atoms with Crippen molar-refractivity contribution in [1.29, 1.82) is 0 Å². The van der Waals surface area contributed by atoms with Crippen molar-refractivity contribution in [2.75, 3.05) is 7.11 Å². The molecule has 0 aliphatic heterocycles. The van der Waals surface area contributed by atoms with Crippen molar-refractivity contribution in [3.8, 4) is 5.75 Å². The minimum atomic E-state index is 0.846. The predicted octanol–water partition coefficient (Wildman–Crippen LogP) is 3.99. The molecule has 3 heteroatoms. The van der Waals surface area contributed by atoms with Crippen LogP contribution in [0.15, 0.2) is 65.8 Å². The van der Waals surface area contributed by atoms with Crippen LogP contribution in [0.25, 0.3) is 10.9 Å². The van der Waals surface area contributed by atoms with E-state index in [9.17, 15) is 0 Å². The monoisotopic (exact) mass is 262 g/mol. The number of aliphatic imine (C=N–C) groups is 1. The van der Waals surface area contributed by atoms with Crippen molar-refractivity contribution < 1.29 is 4.74 Å².